The van der Waals surface area contributed by atoms with Gasteiger partial charge in [0.25, 0.3) is 11.7 Å². The summed E-state index contributed by atoms with van der Waals surface area (Å²) in [7, 11) is 0. The van der Waals surface area contributed by atoms with Crippen molar-refractivity contribution >= 4 is 17.4 Å². The van der Waals surface area contributed by atoms with Crippen molar-refractivity contribution in [2.24, 2.45) is 0 Å². The van der Waals surface area contributed by atoms with Gasteiger partial charge < -0.3 is 28.6 Å². The lowest BCUT2D eigenvalue weighted by Crippen LogP contribution is -2.29. The van der Waals surface area contributed by atoms with Gasteiger partial charge in [-0.2, -0.15) is 0 Å². The molecule has 0 aliphatic carbocycles. The summed E-state index contributed by atoms with van der Waals surface area (Å²) in [6, 6.07) is 13.2. The van der Waals surface area contributed by atoms with Crippen LogP contribution in [0.4, 0.5) is 0 Å². The maximum atomic E-state index is 13.4. The number of rotatable bonds is 8. The lowest BCUT2D eigenvalue weighted by Gasteiger charge is -2.25. The topological polar surface area (TPSA) is 98.4 Å². The molecule has 2 aromatic carbocycles. The Morgan fingerprint density at radius 1 is 1.05 bits per heavy atom. The van der Waals surface area contributed by atoms with E-state index >= 15 is 0 Å². The number of ketones is 1. The van der Waals surface area contributed by atoms with Crippen molar-refractivity contribution in [3.8, 4) is 17.2 Å². The molecule has 3 aromatic rings. The summed E-state index contributed by atoms with van der Waals surface area (Å²) in [6.45, 7) is 6.64. The van der Waals surface area contributed by atoms with Crippen molar-refractivity contribution < 1.29 is 33.3 Å². The third kappa shape index (κ3) is 4.55. The van der Waals surface area contributed by atoms with Crippen LogP contribution in [-0.4, -0.2) is 41.0 Å². The van der Waals surface area contributed by atoms with E-state index in [-0.39, 0.29) is 24.0 Å². The zero-order valence-electron chi connectivity index (χ0n) is 21.0. The highest BCUT2D eigenvalue weighted by molar-refractivity contribution is 6.46. The molecule has 1 amide bonds. The smallest absolute Gasteiger partial charge is 0.296 e. The van der Waals surface area contributed by atoms with E-state index in [1.165, 1.54) is 11.2 Å². The van der Waals surface area contributed by atoms with Crippen molar-refractivity contribution in [3.05, 3.63) is 82.8 Å². The summed E-state index contributed by atoms with van der Waals surface area (Å²) in [5.74, 6) is 0.620. The molecule has 0 unspecified atom stereocenters. The molecule has 2 atom stereocenters. The molecule has 3 heterocycles. The number of ether oxygens (including phenoxy) is 3. The number of benzene rings is 2. The van der Waals surface area contributed by atoms with Gasteiger partial charge in [0.05, 0.1) is 37.6 Å². The quantitative estimate of drug-likeness (QED) is 0.262. The SMILES string of the molecule is CCOc1ccc([C@@H]2C(=C(O)c3ccc4c(c3)C[C@H](C)O4)C(=O)C(=O)N2Cc2ccco2)cc1OCC. The molecule has 0 radical (unpaired) electrons. The lowest BCUT2D eigenvalue weighted by atomic mass is 9.94. The number of likely N-dealkylation sites (tertiary alicyclic amines) is 1. The van der Waals surface area contributed by atoms with Gasteiger partial charge in [0, 0.05) is 12.0 Å². The summed E-state index contributed by atoms with van der Waals surface area (Å²) in [6.07, 6.45) is 2.24. The van der Waals surface area contributed by atoms with E-state index < -0.39 is 17.7 Å². The molecule has 8 nitrogen and oxygen atoms in total. The number of carbonyl (C=O) groups is 2. The predicted molar refractivity (Wildman–Crippen MR) is 136 cm³/mol. The maximum absolute atomic E-state index is 13.4. The summed E-state index contributed by atoms with van der Waals surface area (Å²) in [4.78, 5) is 28.1. The summed E-state index contributed by atoms with van der Waals surface area (Å²) in [5, 5.41) is 11.5. The van der Waals surface area contributed by atoms with Crippen molar-refractivity contribution in [1.29, 1.82) is 0 Å². The van der Waals surface area contributed by atoms with Gasteiger partial charge in [0.15, 0.2) is 11.5 Å². The Kier molecular flexibility index (Phi) is 6.65. The highest BCUT2D eigenvalue weighted by Crippen LogP contribution is 2.43. The van der Waals surface area contributed by atoms with Crippen LogP contribution in [0.15, 0.2) is 64.8 Å². The molecule has 37 heavy (non-hydrogen) atoms. The average molecular weight is 504 g/mol. The number of fused-ring (bicyclic) bond motifs is 1. The van der Waals surface area contributed by atoms with Gasteiger partial charge in [0.1, 0.15) is 23.4 Å². The Morgan fingerprint density at radius 2 is 1.84 bits per heavy atom. The third-order valence-corrected chi connectivity index (χ3v) is 6.50. The largest absolute Gasteiger partial charge is 0.507 e. The minimum atomic E-state index is -0.858. The maximum Gasteiger partial charge on any atom is 0.296 e. The molecule has 1 aromatic heterocycles. The molecule has 1 saturated heterocycles. The number of amides is 1. The van der Waals surface area contributed by atoms with Crippen LogP contribution < -0.4 is 14.2 Å². The number of carbonyl (C=O) groups excluding carboxylic acids is 2. The van der Waals surface area contributed by atoms with Crippen LogP contribution in [0, 0.1) is 0 Å². The van der Waals surface area contributed by atoms with Crippen molar-refractivity contribution in [2.45, 2.75) is 45.9 Å². The van der Waals surface area contributed by atoms with E-state index in [2.05, 4.69) is 0 Å². The first kappa shape index (κ1) is 24.5. The number of hydrogen-bond donors (Lipinski definition) is 1. The van der Waals surface area contributed by atoms with Gasteiger partial charge in [0.2, 0.25) is 0 Å². The molecule has 192 valence electrons. The fraction of sp³-hybridized carbons (Fsp3) is 0.310. The van der Waals surface area contributed by atoms with Crippen LogP contribution in [0.25, 0.3) is 5.76 Å². The van der Waals surface area contributed by atoms with Gasteiger partial charge >= 0.3 is 0 Å². The standard InChI is InChI=1S/C29H29NO7/c1-4-34-23-11-8-18(15-24(23)35-5-2)26-25(28(32)29(33)30(26)16-21-7-6-12-36-21)27(31)19-9-10-22-20(14-19)13-17(3)37-22/h6-12,14-15,17,26,31H,4-5,13,16H2,1-3H3/t17-,26+/m0/s1. The first-order valence-electron chi connectivity index (χ1n) is 12.4. The van der Waals surface area contributed by atoms with E-state index in [0.717, 1.165) is 11.3 Å². The molecule has 2 aliphatic rings. The first-order valence-corrected chi connectivity index (χ1v) is 12.4. The van der Waals surface area contributed by atoms with Crippen LogP contribution in [0.3, 0.4) is 0 Å². The minimum Gasteiger partial charge on any atom is -0.507 e. The normalized spacial score (nSPS) is 20.1. The zero-order chi connectivity index (χ0) is 26.1. The minimum absolute atomic E-state index is 0.00933. The third-order valence-electron chi connectivity index (χ3n) is 6.50. The van der Waals surface area contributed by atoms with Gasteiger partial charge in [-0.3, -0.25) is 9.59 Å². The first-order chi connectivity index (χ1) is 17.9. The van der Waals surface area contributed by atoms with Crippen molar-refractivity contribution in [1.82, 2.24) is 4.90 Å². The highest BCUT2D eigenvalue weighted by Gasteiger charge is 2.46. The Bertz CT molecular complexity index is 1360. The van der Waals surface area contributed by atoms with Gasteiger partial charge in [-0.25, -0.2) is 0 Å². The Balaban J connectivity index is 1.64. The van der Waals surface area contributed by atoms with Gasteiger partial charge in [-0.1, -0.05) is 6.07 Å². The number of furan rings is 1. The van der Waals surface area contributed by atoms with E-state index in [0.29, 0.717) is 48.0 Å². The van der Waals surface area contributed by atoms with E-state index in [1.807, 2.05) is 26.8 Å². The zero-order valence-corrected chi connectivity index (χ0v) is 21.0. The van der Waals surface area contributed by atoms with Gasteiger partial charge in [-0.15, -0.1) is 0 Å². The Hall–Kier alpha value is -4.20. The average Bonchev–Trinajstić information content (AvgIpc) is 3.59. The Labute approximate surface area is 215 Å². The van der Waals surface area contributed by atoms with E-state index in [4.69, 9.17) is 18.6 Å². The molecule has 5 rings (SSSR count). The summed E-state index contributed by atoms with van der Waals surface area (Å²) >= 11 is 0. The van der Waals surface area contributed by atoms with E-state index in [1.54, 1.807) is 42.5 Å². The molecular formula is C29H29NO7. The number of hydrogen-bond acceptors (Lipinski definition) is 7. The van der Waals surface area contributed by atoms with Crippen LogP contribution >= 0.6 is 0 Å². The molecular weight excluding hydrogens is 474 g/mol. The van der Waals surface area contributed by atoms with Crippen molar-refractivity contribution in [3.63, 3.8) is 0 Å². The molecule has 1 N–H and O–H groups in total. The summed E-state index contributed by atoms with van der Waals surface area (Å²) < 4.78 is 22.7. The number of nitrogens with zero attached hydrogens (tertiary/aromatic N) is 1. The number of Topliss-reactive ketones (excluding diaryl/α,β-unsaturated/α-hetero) is 1. The predicted octanol–water partition coefficient (Wildman–Crippen LogP) is 5.02. The second-order valence-electron chi connectivity index (χ2n) is 9.03. The lowest BCUT2D eigenvalue weighted by molar-refractivity contribution is -0.140. The van der Waals surface area contributed by atoms with Crippen LogP contribution in [0.2, 0.25) is 0 Å². The fourth-order valence-corrected chi connectivity index (χ4v) is 4.92. The van der Waals surface area contributed by atoms with Crippen molar-refractivity contribution in [2.75, 3.05) is 13.2 Å². The monoisotopic (exact) mass is 503 g/mol. The number of aliphatic hydroxyl groups is 1. The molecule has 8 heteroatoms. The van der Waals surface area contributed by atoms with Crippen LogP contribution in [0.1, 0.15) is 49.3 Å². The summed E-state index contributed by atoms with van der Waals surface area (Å²) in [5.41, 5.74) is 2.01. The number of aliphatic hydroxyl groups excluding tert-OH is 1. The molecule has 1 fully saturated rings. The molecule has 2 aliphatic heterocycles. The van der Waals surface area contributed by atoms with Crippen LogP contribution in [-0.2, 0) is 22.6 Å². The second-order valence-corrected chi connectivity index (χ2v) is 9.03. The Morgan fingerprint density at radius 3 is 2.57 bits per heavy atom. The molecule has 0 saturated carbocycles. The van der Waals surface area contributed by atoms with E-state index in [9.17, 15) is 14.7 Å². The van der Waals surface area contributed by atoms with Gasteiger partial charge in [-0.05, 0) is 74.4 Å². The van der Waals surface area contributed by atoms with Crippen LogP contribution in [0.5, 0.6) is 17.2 Å². The molecule has 0 bridgehead atoms. The highest BCUT2D eigenvalue weighted by atomic mass is 16.5. The molecule has 0 spiro atoms. The second kappa shape index (κ2) is 10.0. The fourth-order valence-electron chi connectivity index (χ4n) is 4.92.